The highest BCUT2D eigenvalue weighted by Gasteiger charge is 2.19. The van der Waals surface area contributed by atoms with Crippen molar-refractivity contribution in [1.29, 1.82) is 0 Å². The monoisotopic (exact) mass is 431 g/mol. The third kappa shape index (κ3) is 3.82. The molecule has 4 aromatic rings. The molecule has 0 unspecified atom stereocenters. The lowest BCUT2D eigenvalue weighted by Gasteiger charge is -2.23. The predicted molar refractivity (Wildman–Crippen MR) is 126 cm³/mol. The van der Waals surface area contributed by atoms with Gasteiger partial charge in [0, 0.05) is 0 Å². The number of rotatable bonds is 4. The molecule has 0 spiro atoms. The van der Waals surface area contributed by atoms with E-state index < -0.39 is 0 Å². The Balaban J connectivity index is 1.41. The van der Waals surface area contributed by atoms with Crippen molar-refractivity contribution in [1.82, 2.24) is 4.72 Å². The Bertz CT molecular complexity index is 1250. The molecule has 0 atom stereocenters. The van der Waals surface area contributed by atoms with Gasteiger partial charge < -0.3 is 10.1 Å². The number of aliphatic imine (C=N–C) groups is 1. The van der Waals surface area contributed by atoms with Crippen molar-refractivity contribution in [2.75, 3.05) is 5.32 Å². The summed E-state index contributed by atoms with van der Waals surface area (Å²) in [6, 6.07) is 28.0. The van der Waals surface area contributed by atoms with Crippen LogP contribution in [0.15, 0.2) is 94.8 Å². The number of ether oxygens (including phenoxy) is 1. The van der Waals surface area contributed by atoms with Crippen LogP contribution in [0.1, 0.15) is 5.56 Å². The largest absolute Gasteiger partial charge is 0.454 e. The number of anilines is 1. The molecule has 0 fully saturated rings. The highest BCUT2D eigenvalue weighted by Crippen LogP contribution is 2.40. The minimum atomic E-state index is 0.570. The molecular weight excluding hydrogens is 414 g/mol. The van der Waals surface area contributed by atoms with Gasteiger partial charge in [-0.25, -0.2) is 4.99 Å². The van der Waals surface area contributed by atoms with Gasteiger partial charge >= 0.3 is 0 Å². The van der Waals surface area contributed by atoms with Crippen LogP contribution in [0.4, 0.5) is 5.69 Å². The van der Waals surface area contributed by atoms with E-state index in [0.717, 1.165) is 10.6 Å². The second kappa shape index (κ2) is 8.30. The summed E-state index contributed by atoms with van der Waals surface area (Å²) >= 11 is 7.77. The molecule has 0 saturated carbocycles. The number of fused-ring (bicyclic) bond motifs is 2. The smallest absolute Gasteiger partial charge is 0.206 e. The van der Waals surface area contributed by atoms with Crippen LogP contribution in [0.25, 0.3) is 10.8 Å². The Hall–Kier alpha value is -3.15. The van der Waals surface area contributed by atoms with E-state index in [4.69, 9.17) is 21.3 Å². The van der Waals surface area contributed by atoms with Crippen LogP contribution >= 0.6 is 23.5 Å². The molecule has 0 amide bonds. The van der Waals surface area contributed by atoms with Crippen LogP contribution in [0.3, 0.4) is 0 Å². The van der Waals surface area contributed by atoms with Gasteiger partial charge in [0.2, 0.25) is 5.96 Å². The van der Waals surface area contributed by atoms with Crippen molar-refractivity contribution >= 4 is 46.0 Å². The molecule has 2 N–H and O–H groups in total. The molecular formula is C24H18ClN3OS. The van der Waals surface area contributed by atoms with E-state index in [0.29, 0.717) is 29.0 Å². The van der Waals surface area contributed by atoms with Gasteiger partial charge in [-0.15, -0.1) is 0 Å². The second-order valence-electron chi connectivity index (χ2n) is 6.79. The molecule has 148 valence electrons. The van der Waals surface area contributed by atoms with Crippen molar-refractivity contribution in [3.8, 4) is 11.5 Å². The number of para-hydroxylation sites is 2. The molecule has 30 heavy (non-hydrogen) atoms. The van der Waals surface area contributed by atoms with E-state index in [9.17, 15) is 0 Å². The van der Waals surface area contributed by atoms with Crippen molar-refractivity contribution in [3.05, 3.63) is 95.5 Å². The van der Waals surface area contributed by atoms with Crippen molar-refractivity contribution in [2.45, 2.75) is 11.4 Å². The summed E-state index contributed by atoms with van der Waals surface area (Å²) in [5.41, 5.74) is 2.05. The third-order valence-electron chi connectivity index (χ3n) is 4.83. The Morgan fingerprint density at radius 2 is 1.60 bits per heavy atom. The molecule has 1 aliphatic heterocycles. The molecule has 5 rings (SSSR count). The number of nitrogens with one attached hydrogen (secondary N) is 2. The van der Waals surface area contributed by atoms with Gasteiger partial charge in [-0.05, 0) is 52.5 Å². The summed E-state index contributed by atoms with van der Waals surface area (Å²) < 4.78 is 9.36. The summed E-state index contributed by atoms with van der Waals surface area (Å²) in [6.07, 6.45) is 0. The average Bonchev–Trinajstić information content (AvgIpc) is 2.79. The topological polar surface area (TPSA) is 45.6 Å². The highest BCUT2D eigenvalue weighted by molar-refractivity contribution is 7.98. The van der Waals surface area contributed by atoms with Gasteiger partial charge in [0.25, 0.3) is 0 Å². The fourth-order valence-electron chi connectivity index (χ4n) is 3.36. The minimum absolute atomic E-state index is 0.570. The van der Waals surface area contributed by atoms with Gasteiger partial charge in [-0.2, -0.15) is 0 Å². The molecule has 0 aromatic heterocycles. The van der Waals surface area contributed by atoms with Crippen LogP contribution in [0.2, 0.25) is 5.02 Å². The van der Waals surface area contributed by atoms with Crippen LogP contribution in [-0.4, -0.2) is 5.96 Å². The van der Waals surface area contributed by atoms with E-state index in [-0.39, 0.29) is 0 Å². The van der Waals surface area contributed by atoms with E-state index in [2.05, 4.69) is 52.5 Å². The number of hydrogen-bond acceptors (Lipinski definition) is 3. The first-order chi connectivity index (χ1) is 14.8. The Labute approximate surface area is 184 Å². The number of nitrogens with zero attached hydrogens (tertiary/aromatic N) is 1. The molecule has 1 aliphatic rings. The predicted octanol–water partition coefficient (Wildman–Crippen LogP) is 6.86. The quantitative estimate of drug-likeness (QED) is 0.346. The van der Waals surface area contributed by atoms with Gasteiger partial charge in [-0.1, -0.05) is 72.3 Å². The summed E-state index contributed by atoms with van der Waals surface area (Å²) in [6.45, 7) is 0.570. The average molecular weight is 432 g/mol. The summed E-state index contributed by atoms with van der Waals surface area (Å²) in [5.74, 6) is 2.01. The number of halogens is 1. The summed E-state index contributed by atoms with van der Waals surface area (Å²) in [4.78, 5) is 5.79. The summed E-state index contributed by atoms with van der Waals surface area (Å²) in [5, 5.41) is 6.38. The first-order valence-electron chi connectivity index (χ1n) is 9.54. The maximum absolute atomic E-state index is 6.26. The zero-order valence-electron chi connectivity index (χ0n) is 15.9. The molecule has 0 bridgehead atoms. The van der Waals surface area contributed by atoms with E-state index >= 15 is 0 Å². The number of guanidine groups is 1. The highest BCUT2D eigenvalue weighted by atomic mass is 35.5. The Morgan fingerprint density at radius 3 is 2.53 bits per heavy atom. The van der Waals surface area contributed by atoms with E-state index in [1.165, 1.54) is 28.3 Å². The number of hydrogen-bond donors (Lipinski definition) is 2. The van der Waals surface area contributed by atoms with Crippen molar-refractivity contribution < 1.29 is 4.74 Å². The van der Waals surface area contributed by atoms with Crippen molar-refractivity contribution in [3.63, 3.8) is 0 Å². The second-order valence-corrected chi connectivity index (χ2v) is 8.05. The first-order valence-corrected chi connectivity index (χ1v) is 10.7. The maximum atomic E-state index is 6.26. The Morgan fingerprint density at radius 1 is 0.833 bits per heavy atom. The molecule has 0 radical (unpaired) electrons. The lowest BCUT2D eigenvalue weighted by atomic mass is 10.1. The SMILES string of the molecule is Clc1ccccc1Oc1cccc2c1NC(=NCc1cccc3ccccc13)NS2. The zero-order valence-corrected chi connectivity index (χ0v) is 17.5. The van der Waals surface area contributed by atoms with Gasteiger partial charge in [0.1, 0.15) is 5.75 Å². The molecule has 0 saturated heterocycles. The zero-order chi connectivity index (χ0) is 20.3. The minimum Gasteiger partial charge on any atom is -0.454 e. The van der Waals surface area contributed by atoms with Crippen LogP contribution in [-0.2, 0) is 6.54 Å². The molecule has 4 nitrogen and oxygen atoms in total. The summed E-state index contributed by atoms with van der Waals surface area (Å²) in [7, 11) is 0. The fourth-order valence-corrected chi connectivity index (χ4v) is 4.26. The molecule has 0 aliphatic carbocycles. The van der Waals surface area contributed by atoms with Crippen molar-refractivity contribution in [2.24, 2.45) is 4.99 Å². The maximum Gasteiger partial charge on any atom is 0.206 e. The van der Waals surface area contributed by atoms with Gasteiger partial charge in [0.15, 0.2) is 5.75 Å². The van der Waals surface area contributed by atoms with E-state index in [1.54, 1.807) is 0 Å². The number of benzene rings is 4. The lowest BCUT2D eigenvalue weighted by Crippen LogP contribution is -2.29. The molecule has 1 heterocycles. The van der Waals surface area contributed by atoms with Gasteiger partial charge in [-0.3, -0.25) is 4.72 Å². The van der Waals surface area contributed by atoms with Crippen LogP contribution < -0.4 is 14.8 Å². The molecule has 4 aromatic carbocycles. The Kier molecular flexibility index (Phi) is 5.22. The van der Waals surface area contributed by atoms with Crippen LogP contribution in [0, 0.1) is 0 Å². The lowest BCUT2D eigenvalue weighted by molar-refractivity contribution is 0.484. The van der Waals surface area contributed by atoms with Crippen LogP contribution in [0.5, 0.6) is 11.5 Å². The standard InChI is InChI=1S/C24H18ClN3OS/c25-19-11-3-4-12-20(19)29-21-13-6-14-22-23(21)27-24(28-30-22)26-15-17-9-5-8-16-7-1-2-10-18(16)17/h1-14H,15H2,(H2,26,27,28). The van der Waals surface area contributed by atoms with Gasteiger partial charge in [0.05, 0.1) is 22.2 Å². The third-order valence-corrected chi connectivity index (χ3v) is 6.00. The van der Waals surface area contributed by atoms with E-state index in [1.807, 2.05) is 42.5 Å². The first kappa shape index (κ1) is 18.9. The fraction of sp³-hybridized carbons (Fsp3) is 0.0417. The normalized spacial score (nSPS) is 14.1. The molecule has 6 heteroatoms.